The van der Waals surface area contributed by atoms with Crippen molar-refractivity contribution in [2.24, 2.45) is 0 Å². The zero-order valence-electron chi connectivity index (χ0n) is 17.6. The molecule has 11 heteroatoms. The van der Waals surface area contributed by atoms with Crippen molar-refractivity contribution in [3.8, 4) is 0 Å². The number of sulfonamides is 1. The summed E-state index contributed by atoms with van der Waals surface area (Å²) in [4.78, 5) is 18.3. The number of amides is 1. The fraction of sp³-hybridized carbons (Fsp3) is 0.429. The van der Waals surface area contributed by atoms with Crippen LogP contribution in [-0.2, 0) is 19.6 Å². The summed E-state index contributed by atoms with van der Waals surface area (Å²) in [5.41, 5.74) is 1.58. The van der Waals surface area contributed by atoms with Crippen LogP contribution in [0.25, 0.3) is 6.08 Å². The number of pyridine rings is 1. The van der Waals surface area contributed by atoms with E-state index in [1.165, 1.54) is 15.4 Å². The van der Waals surface area contributed by atoms with Gasteiger partial charge in [-0.25, -0.2) is 17.8 Å². The molecule has 2 aliphatic rings. The van der Waals surface area contributed by atoms with Crippen LogP contribution in [0.3, 0.4) is 0 Å². The van der Waals surface area contributed by atoms with Gasteiger partial charge in [0.25, 0.3) is 0 Å². The van der Waals surface area contributed by atoms with E-state index in [1.54, 1.807) is 29.7 Å². The third-order valence-corrected chi connectivity index (χ3v) is 8.59. The van der Waals surface area contributed by atoms with E-state index in [2.05, 4.69) is 17.1 Å². The number of carbonyl (C=O) groups excluding carboxylic acids is 1. The molecule has 1 N–H and O–H groups in total. The van der Waals surface area contributed by atoms with Crippen molar-refractivity contribution in [3.63, 3.8) is 0 Å². The number of aromatic nitrogens is 1. The minimum atomic E-state index is -3.72. The predicted octanol–water partition coefficient (Wildman–Crippen LogP) is 2.46. The van der Waals surface area contributed by atoms with Crippen molar-refractivity contribution >= 4 is 33.8 Å². The first-order valence-corrected chi connectivity index (χ1v) is 12.8. The first kappa shape index (κ1) is 22.9. The Morgan fingerprint density at radius 1 is 1.38 bits per heavy atom. The van der Waals surface area contributed by atoms with Gasteiger partial charge >= 0.3 is 0 Å². The number of nitrogens with zero attached hydrogens (tertiary/aromatic N) is 4. The molecule has 0 aromatic carbocycles. The SMILES string of the molecule is CN1C=Cc2sccc2C1OC1CCN(S(=O)(=O)CC(c2cccnc2)N(O)C=O)CC1. The lowest BCUT2D eigenvalue weighted by molar-refractivity contribution is -0.159. The molecule has 0 bridgehead atoms. The van der Waals surface area contributed by atoms with Gasteiger partial charge in [-0.3, -0.25) is 15.0 Å². The Hall–Kier alpha value is -2.31. The lowest BCUT2D eigenvalue weighted by Crippen LogP contribution is -2.45. The number of rotatable bonds is 8. The number of thiophene rings is 1. The zero-order valence-corrected chi connectivity index (χ0v) is 19.3. The van der Waals surface area contributed by atoms with E-state index in [1.807, 2.05) is 23.5 Å². The molecule has 2 aliphatic heterocycles. The van der Waals surface area contributed by atoms with Crippen molar-refractivity contribution in [2.45, 2.75) is 31.2 Å². The van der Waals surface area contributed by atoms with Crippen LogP contribution in [0.1, 0.15) is 41.1 Å². The van der Waals surface area contributed by atoms with Gasteiger partial charge < -0.3 is 9.64 Å². The Morgan fingerprint density at radius 3 is 2.84 bits per heavy atom. The number of hydroxylamine groups is 2. The molecule has 32 heavy (non-hydrogen) atoms. The van der Waals surface area contributed by atoms with Crippen LogP contribution in [0.4, 0.5) is 0 Å². The molecule has 0 aliphatic carbocycles. The molecule has 1 fully saturated rings. The smallest absolute Gasteiger partial charge is 0.233 e. The number of fused-ring (bicyclic) bond motifs is 1. The topological polar surface area (TPSA) is 103 Å². The highest BCUT2D eigenvalue weighted by molar-refractivity contribution is 7.89. The maximum Gasteiger partial charge on any atom is 0.233 e. The molecular formula is C21H26N4O5S2. The Bertz CT molecular complexity index is 1050. The molecule has 4 heterocycles. The van der Waals surface area contributed by atoms with Crippen LogP contribution in [0.2, 0.25) is 0 Å². The summed E-state index contributed by atoms with van der Waals surface area (Å²) < 4.78 is 33.9. The van der Waals surface area contributed by atoms with Crippen molar-refractivity contribution in [2.75, 3.05) is 25.9 Å². The molecule has 0 spiro atoms. The van der Waals surface area contributed by atoms with Crippen molar-refractivity contribution < 1.29 is 23.2 Å². The Morgan fingerprint density at radius 2 is 2.16 bits per heavy atom. The number of hydrogen-bond acceptors (Lipinski definition) is 8. The molecule has 9 nitrogen and oxygen atoms in total. The lowest BCUT2D eigenvalue weighted by atomic mass is 10.1. The summed E-state index contributed by atoms with van der Waals surface area (Å²) in [5.74, 6) is -0.423. The quantitative estimate of drug-likeness (QED) is 0.353. The van der Waals surface area contributed by atoms with Gasteiger partial charge in [0.05, 0.1) is 11.9 Å². The minimum Gasteiger partial charge on any atom is -0.352 e. The number of hydrogen-bond donors (Lipinski definition) is 1. The van der Waals surface area contributed by atoms with E-state index in [4.69, 9.17) is 4.74 Å². The minimum absolute atomic E-state index is 0.0633. The van der Waals surface area contributed by atoms with Crippen LogP contribution in [0.5, 0.6) is 0 Å². The highest BCUT2D eigenvalue weighted by Crippen LogP contribution is 2.35. The van der Waals surface area contributed by atoms with Crippen molar-refractivity contribution in [1.82, 2.24) is 19.3 Å². The van der Waals surface area contributed by atoms with Crippen molar-refractivity contribution in [1.29, 1.82) is 0 Å². The summed E-state index contributed by atoms with van der Waals surface area (Å²) in [6.07, 6.45) is 8.16. The Labute approximate surface area is 191 Å². The summed E-state index contributed by atoms with van der Waals surface area (Å²) in [6, 6.07) is 4.30. The van der Waals surface area contributed by atoms with E-state index >= 15 is 0 Å². The molecule has 2 aromatic heterocycles. The van der Waals surface area contributed by atoms with Gasteiger partial charge in [0, 0.05) is 49.2 Å². The molecule has 1 saturated heterocycles. The fourth-order valence-corrected chi connectivity index (χ4v) is 6.56. The monoisotopic (exact) mass is 478 g/mol. The Balaban J connectivity index is 1.39. The second kappa shape index (κ2) is 9.67. The largest absolute Gasteiger partial charge is 0.352 e. The van der Waals surface area contributed by atoms with Gasteiger partial charge in [-0.2, -0.15) is 0 Å². The number of ether oxygens (including phenoxy) is 1. The third kappa shape index (κ3) is 4.86. The molecule has 0 radical (unpaired) electrons. The van der Waals surface area contributed by atoms with Crippen LogP contribution in [-0.4, -0.2) is 71.3 Å². The predicted molar refractivity (Wildman–Crippen MR) is 120 cm³/mol. The lowest BCUT2D eigenvalue weighted by Gasteiger charge is -2.37. The first-order chi connectivity index (χ1) is 15.4. The second-order valence-electron chi connectivity index (χ2n) is 7.87. The molecular weight excluding hydrogens is 452 g/mol. The maximum atomic E-state index is 13.1. The van der Waals surface area contributed by atoms with E-state index in [9.17, 15) is 18.4 Å². The standard InChI is InChI=1S/C21H26N4O5S2/c1-23-9-6-20-18(7-12-31-20)21(23)30-17-4-10-24(11-5-17)32(28,29)14-19(25(27)15-26)16-3-2-8-22-13-16/h2-3,6-9,12-13,15,17,19,21,27H,4-5,10-11,14H2,1H3. The van der Waals surface area contributed by atoms with Gasteiger partial charge in [-0.05, 0) is 42.0 Å². The molecule has 172 valence electrons. The van der Waals surface area contributed by atoms with Gasteiger partial charge in [0.15, 0.2) is 6.23 Å². The van der Waals surface area contributed by atoms with Gasteiger partial charge in [-0.15, -0.1) is 11.3 Å². The van der Waals surface area contributed by atoms with E-state index in [-0.39, 0.29) is 18.7 Å². The van der Waals surface area contributed by atoms with Gasteiger partial charge in [0.2, 0.25) is 16.4 Å². The second-order valence-corrected chi connectivity index (χ2v) is 10.8. The molecule has 2 atom stereocenters. The molecule has 0 saturated carbocycles. The summed E-state index contributed by atoms with van der Waals surface area (Å²) in [5, 5.41) is 12.4. The highest BCUT2D eigenvalue weighted by Gasteiger charge is 2.34. The van der Waals surface area contributed by atoms with Gasteiger partial charge in [0.1, 0.15) is 6.04 Å². The van der Waals surface area contributed by atoms with E-state index in [0.29, 0.717) is 36.6 Å². The molecule has 2 aromatic rings. The van der Waals surface area contributed by atoms with Crippen molar-refractivity contribution in [3.05, 3.63) is 58.2 Å². The van der Waals surface area contributed by atoms with Crippen LogP contribution in [0.15, 0.2) is 42.2 Å². The van der Waals surface area contributed by atoms with E-state index < -0.39 is 21.8 Å². The van der Waals surface area contributed by atoms with Crippen LogP contribution in [0, 0.1) is 0 Å². The maximum absolute atomic E-state index is 13.1. The number of piperidine rings is 1. The zero-order chi connectivity index (χ0) is 22.7. The highest BCUT2D eigenvalue weighted by atomic mass is 32.2. The normalized spacial score (nSPS) is 20.7. The summed E-state index contributed by atoms with van der Waals surface area (Å²) in [7, 11) is -1.76. The molecule has 2 unspecified atom stereocenters. The van der Waals surface area contributed by atoms with E-state index in [0.717, 1.165) is 5.56 Å². The average molecular weight is 479 g/mol. The summed E-state index contributed by atoms with van der Waals surface area (Å²) >= 11 is 1.67. The molecule has 1 amide bonds. The van der Waals surface area contributed by atoms with Gasteiger partial charge in [-0.1, -0.05) is 6.07 Å². The first-order valence-electron chi connectivity index (χ1n) is 10.3. The average Bonchev–Trinajstić information content (AvgIpc) is 3.29. The summed E-state index contributed by atoms with van der Waals surface area (Å²) in [6.45, 7) is 0.643. The van der Waals surface area contributed by atoms with Crippen LogP contribution < -0.4 is 0 Å². The van der Waals surface area contributed by atoms with Crippen LogP contribution >= 0.6 is 11.3 Å². The Kier molecular flexibility index (Phi) is 6.91. The number of carbonyl (C=O) groups is 1. The molecule has 4 rings (SSSR count). The third-order valence-electron chi connectivity index (χ3n) is 5.80. The fourth-order valence-electron chi connectivity index (χ4n) is 4.03.